The number of aryl methyl sites for hydroxylation is 2. The summed E-state index contributed by atoms with van der Waals surface area (Å²) < 4.78 is 5.13. The van der Waals surface area contributed by atoms with Crippen molar-refractivity contribution in [2.75, 3.05) is 13.4 Å². The first-order valence-corrected chi connectivity index (χ1v) is 9.76. The third-order valence-corrected chi connectivity index (χ3v) is 4.69. The molecule has 0 aliphatic rings. The zero-order chi connectivity index (χ0) is 20.0. The van der Waals surface area contributed by atoms with Crippen LogP contribution in [-0.2, 0) is 11.2 Å². The van der Waals surface area contributed by atoms with E-state index in [0.717, 1.165) is 17.0 Å². The molecule has 1 heterocycles. The highest BCUT2D eigenvalue weighted by molar-refractivity contribution is 7.98. The van der Waals surface area contributed by atoms with Crippen LogP contribution in [0.15, 0.2) is 23.4 Å². The molecule has 0 saturated carbocycles. The van der Waals surface area contributed by atoms with Crippen molar-refractivity contribution < 1.29 is 14.3 Å². The normalized spacial score (nSPS) is 10.4. The maximum atomic E-state index is 12.2. The Labute approximate surface area is 167 Å². The van der Waals surface area contributed by atoms with Crippen LogP contribution in [0.4, 0.5) is 0 Å². The van der Waals surface area contributed by atoms with E-state index in [1.165, 1.54) is 24.9 Å². The van der Waals surface area contributed by atoms with Gasteiger partial charge < -0.3 is 4.74 Å². The molecule has 0 spiro atoms. The van der Waals surface area contributed by atoms with Crippen molar-refractivity contribution >= 4 is 35.2 Å². The summed E-state index contributed by atoms with van der Waals surface area (Å²) in [5.74, 6) is -0.469. The average Bonchev–Trinajstić information content (AvgIpc) is 2.65. The highest BCUT2D eigenvalue weighted by atomic mass is 35.5. The summed E-state index contributed by atoms with van der Waals surface area (Å²) in [5, 5.41) is 1.10. The number of thioether (sulfide) groups is 1. The van der Waals surface area contributed by atoms with Crippen molar-refractivity contribution in [1.82, 2.24) is 20.8 Å². The smallest absolute Gasteiger partial charge is 0.273 e. The standard InChI is InChI=1S/C18H21ClN4O3S/c1-10-13(11(2)21-18(20-10)27-4)6-8-16(24)22-23-17(25)14-9-12(19)5-7-15(14)26-3/h5,7,9H,6,8H2,1-4H3,(H,22,24)(H,23,25). The van der Waals surface area contributed by atoms with Crippen LogP contribution in [0, 0.1) is 13.8 Å². The van der Waals surface area contributed by atoms with Gasteiger partial charge in [0.15, 0.2) is 5.16 Å². The van der Waals surface area contributed by atoms with Gasteiger partial charge in [-0.2, -0.15) is 0 Å². The van der Waals surface area contributed by atoms with Gasteiger partial charge in [-0.3, -0.25) is 20.4 Å². The summed E-state index contributed by atoms with van der Waals surface area (Å²) in [4.78, 5) is 33.1. The molecule has 0 bridgehead atoms. The molecule has 2 rings (SSSR count). The number of carbonyl (C=O) groups excluding carboxylic acids is 2. The molecule has 0 unspecified atom stereocenters. The van der Waals surface area contributed by atoms with Crippen molar-refractivity contribution in [3.05, 3.63) is 45.7 Å². The summed E-state index contributed by atoms with van der Waals surface area (Å²) in [6.07, 6.45) is 2.59. The fourth-order valence-electron chi connectivity index (χ4n) is 2.51. The van der Waals surface area contributed by atoms with Crippen LogP contribution >= 0.6 is 23.4 Å². The number of ether oxygens (including phenoxy) is 1. The molecule has 0 atom stereocenters. The second-order valence-corrected chi connectivity index (χ2v) is 6.92. The second-order valence-electron chi connectivity index (χ2n) is 5.71. The van der Waals surface area contributed by atoms with E-state index in [1.54, 1.807) is 12.1 Å². The minimum atomic E-state index is -0.511. The second kappa shape index (κ2) is 9.57. The molecule has 2 N–H and O–H groups in total. The molecular formula is C18H21ClN4O3S. The van der Waals surface area contributed by atoms with Crippen LogP contribution in [0.5, 0.6) is 5.75 Å². The Hall–Kier alpha value is -2.32. The molecule has 2 aromatic rings. The van der Waals surface area contributed by atoms with Gasteiger partial charge in [0.25, 0.3) is 5.91 Å². The van der Waals surface area contributed by atoms with Crippen LogP contribution in [0.3, 0.4) is 0 Å². The number of methoxy groups -OCH3 is 1. The van der Waals surface area contributed by atoms with Crippen LogP contribution in [0.1, 0.15) is 33.7 Å². The summed E-state index contributed by atoms with van der Waals surface area (Å²) in [6, 6.07) is 4.67. The van der Waals surface area contributed by atoms with Gasteiger partial charge in [0.1, 0.15) is 5.75 Å². The molecule has 9 heteroatoms. The number of halogens is 1. The molecule has 144 valence electrons. The number of hydrogen-bond acceptors (Lipinski definition) is 6. The van der Waals surface area contributed by atoms with Crippen molar-refractivity contribution in [2.24, 2.45) is 0 Å². The van der Waals surface area contributed by atoms with Gasteiger partial charge in [-0.15, -0.1) is 0 Å². The summed E-state index contributed by atoms with van der Waals surface area (Å²) in [5.41, 5.74) is 7.65. The average molecular weight is 409 g/mol. The van der Waals surface area contributed by atoms with E-state index < -0.39 is 5.91 Å². The number of benzene rings is 1. The van der Waals surface area contributed by atoms with Crippen LogP contribution in [0.2, 0.25) is 5.02 Å². The Morgan fingerprint density at radius 3 is 2.44 bits per heavy atom. The zero-order valence-corrected chi connectivity index (χ0v) is 17.1. The fourth-order valence-corrected chi connectivity index (χ4v) is 3.14. The molecule has 0 aliphatic heterocycles. The number of nitrogens with zero attached hydrogens (tertiary/aromatic N) is 2. The molecule has 1 aromatic carbocycles. The van der Waals surface area contributed by atoms with Gasteiger partial charge in [0, 0.05) is 22.8 Å². The highest BCUT2D eigenvalue weighted by Gasteiger charge is 2.15. The van der Waals surface area contributed by atoms with Gasteiger partial charge in [-0.25, -0.2) is 9.97 Å². The fraction of sp³-hybridized carbons (Fsp3) is 0.333. The van der Waals surface area contributed by atoms with Gasteiger partial charge in [-0.05, 0) is 50.3 Å². The Morgan fingerprint density at radius 1 is 1.19 bits per heavy atom. The summed E-state index contributed by atoms with van der Waals surface area (Å²) in [6.45, 7) is 3.80. The maximum Gasteiger partial charge on any atom is 0.273 e. The molecule has 27 heavy (non-hydrogen) atoms. The van der Waals surface area contributed by atoms with Crippen LogP contribution in [0.25, 0.3) is 0 Å². The third kappa shape index (κ3) is 5.58. The topological polar surface area (TPSA) is 93.2 Å². The molecular weight excluding hydrogens is 388 g/mol. The summed E-state index contributed by atoms with van der Waals surface area (Å²) >= 11 is 7.39. The lowest BCUT2D eigenvalue weighted by Crippen LogP contribution is -2.41. The molecule has 0 fully saturated rings. The minimum Gasteiger partial charge on any atom is -0.496 e. The van der Waals surface area contributed by atoms with Crippen LogP contribution in [-0.4, -0.2) is 35.1 Å². The largest absolute Gasteiger partial charge is 0.496 e. The SMILES string of the molecule is COc1ccc(Cl)cc1C(=O)NNC(=O)CCc1c(C)nc(SC)nc1C. The van der Waals surface area contributed by atoms with E-state index in [1.807, 2.05) is 20.1 Å². The predicted octanol–water partition coefficient (Wildman–Crippen LogP) is 2.87. The Balaban J connectivity index is 1.94. The summed E-state index contributed by atoms with van der Waals surface area (Å²) in [7, 11) is 1.45. The molecule has 1 aromatic heterocycles. The monoisotopic (exact) mass is 408 g/mol. The van der Waals surface area contributed by atoms with E-state index in [4.69, 9.17) is 16.3 Å². The number of amides is 2. The van der Waals surface area contributed by atoms with Gasteiger partial charge in [0.2, 0.25) is 5.91 Å². The number of hydrogen-bond donors (Lipinski definition) is 2. The number of aromatic nitrogens is 2. The van der Waals surface area contributed by atoms with Gasteiger partial charge >= 0.3 is 0 Å². The maximum absolute atomic E-state index is 12.2. The van der Waals surface area contributed by atoms with Crippen LogP contribution < -0.4 is 15.6 Å². The van der Waals surface area contributed by atoms with Crippen molar-refractivity contribution in [1.29, 1.82) is 0 Å². The lowest BCUT2D eigenvalue weighted by Gasteiger charge is -2.12. The molecule has 0 radical (unpaired) electrons. The molecule has 7 nitrogen and oxygen atoms in total. The first-order chi connectivity index (χ1) is 12.8. The first-order valence-electron chi connectivity index (χ1n) is 8.16. The van der Waals surface area contributed by atoms with Crippen molar-refractivity contribution in [3.8, 4) is 5.75 Å². The number of hydrazine groups is 1. The number of carbonyl (C=O) groups is 2. The lowest BCUT2D eigenvalue weighted by atomic mass is 10.1. The van der Waals surface area contributed by atoms with E-state index >= 15 is 0 Å². The van der Waals surface area contributed by atoms with Crippen molar-refractivity contribution in [3.63, 3.8) is 0 Å². The molecule has 2 amide bonds. The zero-order valence-electron chi connectivity index (χ0n) is 15.6. The highest BCUT2D eigenvalue weighted by Crippen LogP contribution is 2.22. The molecule has 0 aliphatic carbocycles. The Kier molecular flexibility index (Phi) is 7.44. The van der Waals surface area contributed by atoms with E-state index in [9.17, 15) is 9.59 Å². The predicted molar refractivity (Wildman–Crippen MR) is 105 cm³/mol. The molecule has 0 saturated heterocycles. The van der Waals surface area contributed by atoms with Gasteiger partial charge in [-0.1, -0.05) is 23.4 Å². The van der Waals surface area contributed by atoms with E-state index in [-0.39, 0.29) is 17.9 Å². The number of rotatable bonds is 6. The number of nitrogens with one attached hydrogen (secondary N) is 2. The van der Waals surface area contributed by atoms with E-state index in [0.29, 0.717) is 22.3 Å². The third-order valence-electron chi connectivity index (χ3n) is 3.91. The Morgan fingerprint density at radius 2 is 1.85 bits per heavy atom. The van der Waals surface area contributed by atoms with Crippen molar-refractivity contribution in [2.45, 2.75) is 31.8 Å². The first kappa shape index (κ1) is 21.0. The quantitative estimate of drug-likeness (QED) is 0.433. The van der Waals surface area contributed by atoms with E-state index in [2.05, 4.69) is 20.8 Å². The lowest BCUT2D eigenvalue weighted by molar-refractivity contribution is -0.121. The minimum absolute atomic E-state index is 0.191. The van der Waals surface area contributed by atoms with Gasteiger partial charge in [0.05, 0.1) is 12.7 Å². The Bertz CT molecular complexity index is 837.